The molecule has 0 heterocycles. The molecule has 0 amide bonds. The Balaban J connectivity index is 2.14. The first kappa shape index (κ1) is 10.3. The van der Waals surface area contributed by atoms with Crippen molar-refractivity contribution in [2.45, 2.75) is 19.8 Å². The zero-order valence-electron chi connectivity index (χ0n) is 10.3. The minimum atomic E-state index is 0.437. The van der Waals surface area contributed by atoms with Gasteiger partial charge in [0.2, 0.25) is 0 Å². The molecule has 0 nitrogen and oxygen atoms in total. The molecule has 0 fully saturated rings. The van der Waals surface area contributed by atoms with E-state index < -0.39 is 0 Å². The Bertz CT molecular complexity index is 576. The molecule has 3 rings (SSSR count). The summed E-state index contributed by atoms with van der Waals surface area (Å²) in [6.07, 6.45) is 4.57. The molecule has 1 aliphatic rings. The molecule has 0 saturated heterocycles. The second kappa shape index (κ2) is 3.89. The summed E-state index contributed by atoms with van der Waals surface area (Å²) in [5.41, 5.74) is 6.99. The highest BCUT2D eigenvalue weighted by atomic mass is 14.2. The molecule has 0 aliphatic heterocycles. The normalized spacial score (nSPS) is 17.2. The fourth-order valence-corrected chi connectivity index (χ4v) is 2.81. The highest BCUT2D eigenvalue weighted by molar-refractivity contribution is 5.67. The Morgan fingerprint density at radius 2 is 1.71 bits per heavy atom. The van der Waals surface area contributed by atoms with E-state index in [2.05, 4.69) is 68.5 Å². The second-order valence-corrected chi connectivity index (χ2v) is 4.83. The SMILES string of the molecule is Cc1cc(C)c2c(c1)C=CC2c1ccccc1. The third-order valence-electron chi connectivity index (χ3n) is 3.50. The van der Waals surface area contributed by atoms with Gasteiger partial charge in [-0.25, -0.2) is 0 Å². The summed E-state index contributed by atoms with van der Waals surface area (Å²) >= 11 is 0. The van der Waals surface area contributed by atoms with Gasteiger partial charge < -0.3 is 0 Å². The maximum absolute atomic E-state index is 2.31. The van der Waals surface area contributed by atoms with Crippen molar-refractivity contribution in [2.24, 2.45) is 0 Å². The van der Waals surface area contributed by atoms with Crippen LogP contribution in [0, 0.1) is 13.8 Å². The average Bonchev–Trinajstić information content (AvgIpc) is 2.74. The molecular weight excluding hydrogens is 204 g/mol. The summed E-state index contributed by atoms with van der Waals surface area (Å²) in [5.74, 6) is 0.437. The second-order valence-electron chi connectivity index (χ2n) is 4.83. The number of hydrogen-bond donors (Lipinski definition) is 0. The van der Waals surface area contributed by atoms with Gasteiger partial charge >= 0.3 is 0 Å². The van der Waals surface area contributed by atoms with Gasteiger partial charge in [-0.3, -0.25) is 0 Å². The molecule has 1 unspecified atom stereocenters. The van der Waals surface area contributed by atoms with Crippen LogP contribution in [-0.4, -0.2) is 0 Å². The van der Waals surface area contributed by atoms with Gasteiger partial charge in [-0.05, 0) is 36.1 Å². The molecule has 1 atom stereocenters. The number of fused-ring (bicyclic) bond motifs is 1. The van der Waals surface area contributed by atoms with Crippen LogP contribution in [0.4, 0.5) is 0 Å². The summed E-state index contributed by atoms with van der Waals surface area (Å²) < 4.78 is 0. The Kier molecular flexibility index (Phi) is 2.36. The number of allylic oxidation sites excluding steroid dienone is 1. The van der Waals surface area contributed by atoms with Crippen molar-refractivity contribution in [1.29, 1.82) is 0 Å². The van der Waals surface area contributed by atoms with Crippen LogP contribution in [0.2, 0.25) is 0 Å². The van der Waals surface area contributed by atoms with Crippen molar-refractivity contribution in [3.05, 3.63) is 76.4 Å². The highest BCUT2D eigenvalue weighted by Gasteiger charge is 2.20. The first-order valence-corrected chi connectivity index (χ1v) is 6.10. The quantitative estimate of drug-likeness (QED) is 0.665. The van der Waals surface area contributed by atoms with Crippen LogP contribution in [0.1, 0.15) is 33.7 Å². The maximum atomic E-state index is 2.31. The van der Waals surface area contributed by atoms with E-state index in [0.29, 0.717) is 5.92 Å². The summed E-state index contributed by atoms with van der Waals surface area (Å²) in [4.78, 5) is 0. The molecule has 0 spiro atoms. The van der Waals surface area contributed by atoms with Gasteiger partial charge in [-0.15, -0.1) is 0 Å². The molecule has 17 heavy (non-hydrogen) atoms. The van der Waals surface area contributed by atoms with Crippen LogP contribution in [0.15, 0.2) is 48.5 Å². The molecule has 2 aromatic carbocycles. The van der Waals surface area contributed by atoms with Gasteiger partial charge in [0.05, 0.1) is 0 Å². The molecular formula is C17H16. The summed E-state index contributed by atoms with van der Waals surface area (Å²) in [5, 5.41) is 0. The molecule has 0 bridgehead atoms. The lowest BCUT2D eigenvalue weighted by molar-refractivity contribution is 1.03. The lowest BCUT2D eigenvalue weighted by Crippen LogP contribution is -1.99. The Hall–Kier alpha value is -1.82. The van der Waals surface area contributed by atoms with Crippen molar-refractivity contribution in [2.75, 3.05) is 0 Å². The predicted molar refractivity (Wildman–Crippen MR) is 73.2 cm³/mol. The maximum Gasteiger partial charge on any atom is 0.0281 e. The smallest absolute Gasteiger partial charge is 0.0281 e. The van der Waals surface area contributed by atoms with E-state index in [1.807, 2.05) is 0 Å². The number of rotatable bonds is 1. The standard InChI is InChI=1S/C17H16/c1-12-10-13(2)17-15(11-12)8-9-16(17)14-6-4-3-5-7-14/h3-11,16H,1-2H3. The van der Waals surface area contributed by atoms with Crippen molar-refractivity contribution in [3.8, 4) is 0 Å². The topological polar surface area (TPSA) is 0 Å². The number of aryl methyl sites for hydroxylation is 2. The minimum Gasteiger partial charge on any atom is -0.0720 e. The van der Waals surface area contributed by atoms with Gasteiger partial charge in [-0.2, -0.15) is 0 Å². The van der Waals surface area contributed by atoms with E-state index in [-0.39, 0.29) is 0 Å². The van der Waals surface area contributed by atoms with Crippen LogP contribution >= 0.6 is 0 Å². The zero-order valence-corrected chi connectivity index (χ0v) is 10.3. The fourth-order valence-electron chi connectivity index (χ4n) is 2.81. The lowest BCUT2D eigenvalue weighted by Gasteiger charge is -2.15. The van der Waals surface area contributed by atoms with Crippen LogP contribution in [-0.2, 0) is 0 Å². The van der Waals surface area contributed by atoms with E-state index in [1.54, 1.807) is 0 Å². The molecule has 0 N–H and O–H groups in total. The monoisotopic (exact) mass is 220 g/mol. The first-order valence-electron chi connectivity index (χ1n) is 6.10. The average molecular weight is 220 g/mol. The first-order chi connectivity index (χ1) is 8.25. The fraction of sp³-hybridized carbons (Fsp3) is 0.176. The molecule has 0 aromatic heterocycles. The molecule has 84 valence electrons. The Morgan fingerprint density at radius 1 is 0.941 bits per heavy atom. The van der Waals surface area contributed by atoms with Gasteiger partial charge in [-0.1, -0.05) is 60.2 Å². The van der Waals surface area contributed by atoms with Crippen molar-refractivity contribution in [1.82, 2.24) is 0 Å². The third-order valence-corrected chi connectivity index (χ3v) is 3.50. The van der Waals surface area contributed by atoms with Gasteiger partial charge in [0.1, 0.15) is 0 Å². The number of benzene rings is 2. The van der Waals surface area contributed by atoms with Crippen LogP contribution in [0.3, 0.4) is 0 Å². The lowest BCUT2D eigenvalue weighted by atomic mass is 9.89. The third kappa shape index (κ3) is 1.70. The zero-order chi connectivity index (χ0) is 11.8. The summed E-state index contributed by atoms with van der Waals surface area (Å²) in [6, 6.07) is 15.3. The van der Waals surface area contributed by atoms with Gasteiger partial charge in [0.15, 0.2) is 0 Å². The summed E-state index contributed by atoms with van der Waals surface area (Å²) in [6.45, 7) is 4.38. The van der Waals surface area contributed by atoms with Crippen LogP contribution in [0.25, 0.3) is 6.08 Å². The highest BCUT2D eigenvalue weighted by Crippen LogP contribution is 2.37. The van der Waals surface area contributed by atoms with E-state index in [4.69, 9.17) is 0 Å². The van der Waals surface area contributed by atoms with Crippen LogP contribution in [0.5, 0.6) is 0 Å². The molecule has 0 heteroatoms. The molecule has 0 radical (unpaired) electrons. The Labute approximate surface area is 103 Å². The predicted octanol–water partition coefficient (Wildman–Crippen LogP) is 4.46. The van der Waals surface area contributed by atoms with E-state index in [1.165, 1.54) is 27.8 Å². The minimum absolute atomic E-state index is 0.437. The summed E-state index contributed by atoms with van der Waals surface area (Å²) in [7, 11) is 0. The van der Waals surface area contributed by atoms with Gasteiger partial charge in [0, 0.05) is 5.92 Å². The Morgan fingerprint density at radius 3 is 2.47 bits per heavy atom. The molecule has 2 aromatic rings. The largest absolute Gasteiger partial charge is 0.0720 e. The van der Waals surface area contributed by atoms with Gasteiger partial charge in [0.25, 0.3) is 0 Å². The van der Waals surface area contributed by atoms with E-state index in [9.17, 15) is 0 Å². The molecule has 0 saturated carbocycles. The van der Waals surface area contributed by atoms with E-state index >= 15 is 0 Å². The van der Waals surface area contributed by atoms with Crippen molar-refractivity contribution < 1.29 is 0 Å². The number of hydrogen-bond acceptors (Lipinski definition) is 0. The van der Waals surface area contributed by atoms with Crippen molar-refractivity contribution >= 4 is 6.08 Å². The van der Waals surface area contributed by atoms with Crippen molar-refractivity contribution in [3.63, 3.8) is 0 Å². The van der Waals surface area contributed by atoms with E-state index in [0.717, 1.165) is 0 Å². The van der Waals surface area contributed by atoms with Crippen LogP contribution < -0.4 is 0 Å². The molecule has 1 aliphatic carbocycles.